The van der Waals surface area contributed by atoms with Crippen molar-refractivity contribution in [1.82, 2.24) is 73.3 Å². The number of benzene rings is 6. The molecule has 7 heterocycles. The molecule has 0 atom stereocenters. The van der Waals surface area contributed by atoms with Crippen LogP contribution in [-0.4, -0.2) is 185 Å². The smallest absolute Gasteiger partial charge is 0.244 e. The van der Waals surface area contributed by atoms with Gasteiger partial charge in [0.05, 0.1) is 76.6 Å². The summed E-state index contributed by atoms with van der Waals surface area (Å²) in [5.41, 5.74) is 13.1. The summed E-state index contributed by atoms with van der Waals surface area (Å²) in [7, 11) is -2.05. The zero-order valence-electron chi connectivity index (χ0n) is 71.3. The van der Waals surface area contributed by atoms with Crippen LogP contribution in [0.5, 0.6) is 17.2 Å². The van der Waals surface area contributed by atoms with Gasteiger partial charge in [0.1, 0.15) is 60.9 Å². The minimum Gasteiger partial charge on any atom is -0.489 e. The monoisotopic (exact) mass is 1710 g/mol. The topological polar surface area (TPSA) is 406 Å². The van der Waals surface area contributed by atoms with Crippen LogP contribution in [0.1, 0.15) is 92.1 Å². The van der Waals surface area contributed by atoms with Crippen LogP contribution in [0.2, 0.25) is 0 Å². The van der Waals surface area contributed by atoms with Gasteiger partial charge in [-0.2, -0.15) is 15.0 Å². The number of hydrogen-bond donors (Lipinski definition) is 9. The average Bonchev–Trinajstić information content (AvgIpc) is 1.03. The highest BCUT2D eigenvalue weighted by atomic mass is 32.2. The standard InChI is InChI=1S/C31H40N8O4S.C27H33N7O3S.C27H32N6O5S/c1-20(2)42-28-15-21(3)24(27-16-23(37-43-27)19-39-13-11-32-12-14-39)17-26(28)35-31-33-18-22(4)30(36-31)34-25-9-7-8-10-29(25)44(40,41)38(5)6;1-16(2)37-24-12-17(3)20(23-15-28-19(5)30-23)13-22(24)32-27-29-14-18(4)26(33-27)31-21-10-8-9-11-25(21)38(35,36)34(6)7;1-16(2)37-24-11-17(3)20(23-12-19(15-34)32-38-23)13-22(24)30-27-28-14-18(4)26(31-27)29-21-9-7-8-10-25(21)39(35,36)33(5)6/h7-10,15-18,20,32H,11-14,19H2,1-6H3,(H2,33,34,35,36);8-16H,1-7H3,(H,28,30)(H2,29,31,32,33);7-14,16,34H,15H2,1-6H3,(H2,28,29,30,31). The molecule has 0 saturated carbocycles. The predicted molar refractivity (Wildman–Crippen MR) is 470 cm³/mol. The van der Waals surface area contributed by atoms with Gasteiger partial charge in [0.25, 0.3) is 0 Å². The lowest BCUT2D eigenvalue weighted by Crippen LogP contribution is -2.42. The van der Waals surface area contributed by atoms with Gasteiger partial charge >= 0.3 is 0 Å². The maximum Gasteiger partial charge on any atom is 0.244 e. The molecule has 0 aliphatic carbocycles. The highest BCUT2D eigenvalue weighted by Gasteiger charge is 2.28. The molecule has 1 aliphatic rings. The van der Waals surface area contributed by atoms with Gasteiger partial charge in [0.15, 0.2) is 11.5 Å². The van der Waals surface area contributed by atoms with Crippen LogP contribution >= 0.6 is 0 Å². The van der Waals surface area contributed by atoms with E-state index in [2.05, 4.69) is 87.3 Å². The van der Waals surface area contributed by atoms with E-state index in [0.29, 0.717) is 97.9 Å². The van der Waals surface area contributed by atoms with Crippen LogP contribution < -0.4 is 51.4 Å². The number of nitrogens with zero attached hydrogens (tertiary/aromatic N) is 13. The van der Waals surface area contributed by atoms with Crippen LogP contribution in [0.15, 0.2) is 170 Å². The highest BCUT2D eigenvalue weighted by Crippen LogP contribution is 2.41. The lowest BCUT2D eigenvalue weighted by Gasteiger charge is -2.25. The van der Waals surface area contributed by atoms with Crippen LogP contribution in [0, 0.1) is 48.5 Å². The van der Waals surface area contributed by atoms with Crippen molar-refractivity contribution in [1.29, 1.82) is 0 Å². The molecule has 0 unspecified atom stereocenters. The third kappa shape index (κ3) is 22.4. The summed E-state index contributed by atoms with van der Waals surface area (Å²) < 4.78 is 110. The summed E-state index contributed by atoms with van der Waals surface area (Å²) in [5, 5.41) is 40.3. The van der Waals surface area contributed by atoms with Crippen molar-refractivity contribution >= 4 is 99.5 Å². The molecule has 33 nitrogen and oxygen atoms in total. The SMILES string of the molecule is Cc1cc(OC(C)C)c(Nc2ncc(C)c(Nc3ccccc3S(=O)(=O)N(C)C)n2)cc1-c1cc(CN2CCNCC2)no1.Cc1cc(OC(C)C)c(Nc2ncc(C)c(Nc3ccccc3S(=O)(=O)N(C)C)n2)cc1-c1cc(CO)no1.Cc1ncc(-c2cc(Nc3ncc(C)c(Nc4ccccc4S(=O)(=O)N(C)C)n3)c(OC(C)C)cc2C)[nH]1. The van der Waals surface area contributed by atoms with Gasteiger partial charge in [-0.05, 0) is 179 Å². The first kappa shape index (κ1) is 89.8. The van der Waals surface area contributed by atoms with E-state index in [-0.39, 0.29) is 45.6 Å². The summed E-state index contributed by atoms with van der Waals surface area (Å²) in [6.07, 6.45) is 6.60. The van der Waals surface area contributed by atoms with Gasteiger partial charge in [-0.25, -0.2) is 58.1 Å². The van der Waals surface area contributed by atoms with Gasteiger partial charge in [-0.3, -0.25) is 4.90 Å². The number of aliphatic hydroxyl groups is 1. The Balaban J connectivity index is 0.000000178. The first-order valence-electron chi connectivity index (χ1n) is 39.1. The molecule has 0 radical (unpaired) electrons. The number of imidazole rings is 1. The van der Waals surface area contributed by atoms with E-state index in [0.717, 1.165) is 104 Å². The second-order valence-electron chi connectivity index (χ2n) is 30.2. The molecule has 121 heavy (non-hydrogen) atoms. The van der Waals surface area contributed by atoms with Crippen molar-refractivity contribution in [3.8, 4) is 51.2 Å². The molecule has 6 aromatic carbocycles. The largest absolute Gasteiger partial charge is 0.489 e. The summed E-state index contributed by atoms with van der Waals surface area (Å²) >= 11 is 0. The fourth-order valence-electron chi connectivity index (χ4n) is 12.5. The zero-order chi connectivity index (χ0) is 87.4. The minimum absolute atomic E-state index is 0.0403. The molecule has 1 fully saturated rings. The summed E-state index contributed by atoms with van der Waals surface area (Å²) in [6.45, 7) is 29.5. The normalized spacial score (nSPS) is 12.6. The fraction of sp³-hybridized carbons (Fsp3) is 0.329. The van der Waals surface area contributed by atoms with Crippen molar-refractivity contribution in [2.45, 2.75) is 136 Å². The Labute approximate surface area is 706 Å². The van der Waals surface area contributed by atoms with E-state index >= 15 is 0 Å². The lowest BCUT2D eigenvalue weighted by atomic mass is 10.0. The predicted octanol–water partition coefficient (Wildman–Crippen LogP) is 14.8. The molecular weight excluding hydrogens is 1600 g/mol. The van der Waals surface area contributed by atoms with Gasteiger partial charge in [0, 0.05) is 139 Å². The van der Waals surface area contributed by atoms with E-state index in [1.54, 1.807) is 104 Å². The molecule has 0 amide bonds. The van der Waals surface area contributed by atoms with Crippen molar-refractivity contribution in [3.63, 3.8) is 0 Å². The number of aromatic nitrogens is 10. The first-order valence-corrected chi connectivity index (χ1v) is 43.4. The van der Waals surface area contributed by atoms with Crippen LogP contribution in [-0.2, 0) is 43.2 Å². The van der Waals surface area contributed by atoms with E-state index in [1.165, 1.54) is 50.9 Å². The van der Waals surface area contributed by atoms with Gasteiger partial charge in [0.2, 0.25) is 47.9 Å². The molecule has 1 saturated heterocycles. The number of rotatable bonds is 30. The molecular formula is C85H105N21O12S3. The number of aryl methyl sites for hydroxylation is 7. The number of sulfonamides is 3. The molecule has 13 rings (SSSR count). The molecule has 1 aliphatic heterocycles. The first-order chi connectivity index (χ1) is 57.4. The van der Waals surface area contributed by atoms with Crippen LogP contribution in [0.3, 0.4) is 0 Å². The number of para-hydroxylation sites is 3. The van der Waals surface area contributed by atoms with Crippen molar-refractivity contribution in [2.24, 2.45) is 0 Å². The highest BCUT2D eigenvalue weighted by molar-refractivity contribution is 7.89. The van der Waals surface area contributed by atoms with Gasteiger partial charge in [-0.15, -0.1) is 0 Å². The lowest BCUT2D eigenvalue weighted by molar-refractivity contribution is 0.227. The van der Waals surface area contributed by atoms with E-state index < -0.39 is 30.1 Å². The Hall–Kier alpha value is -12.0. The average molecular weight is 1710 g/mol. The Morgan fingerprint density at radius 2 is 0.769 bits per heavy atom. The summed E-state index contributed by atoms with van der Waals surface area (Å²) in [4.78, 5) is 37.8. The maximum absolute atomic E-state index is 12.9. The van der Waals surface area contributed by atoms with E-state index in [9.17, 15) is 30.4 Å². The third-order valence-electron chi connectivity index (χ3n) is 18.8. The number of ether oxygens (including phenoxy) is 3. The fourth-order valence-corrected chi connectivity index (χ4v) is 15.6. The number of aliphatic hydroxyl groups excluding tert-OH is 1. The number of piperazine rings is 1. The Morgan fingerprint density at radius 1 is 0.430 bits per heavy atom. The van der Waals surface area contributed by atoms with Gasteiger partial charge < -0.3 is 70.6 Å². The second-order valence-corrected chi connectivity index (χ2v) is 36.6. The van der Waals surface area contributed by atoms with Crippen molar-refractivity contribution in [2.75, 3.05) is 100 Å². The molecule has 9 N–H and O–H groups in total. The van der Waals surface area contributed by atoms with Crippen molar-refractivity contribution < 1.29 is 53.6 Å². The molecule has 12 aromatic rings. The number of nitrogens with one attached hydrogen (secondary N) is 8. The summed E-state index contributed by atoms with van der Waals surface area (Å²) in [6, 6.07) is 35.4. The quantitative estimate of drug-likeness (QED) is 0.0202. The molecule has 0 spiro atoms. The summed E-state index contributed by atoms with van der Waals surface area (Å²) in [5.74, 6) is 6.19. The van der Waals surface area contributed by atoms with Crippen molar-refractivity contribution in [3.05, 3.63) is 197 Å². The third-order valence-corrected chi connectivity index (χ3v) is 24.4. The molecule has 0 bridgehead atoms. The minimum atomic E-state index is -3.69. The Kier molecular flexibility index (Phi) is 29.0. The maximum atomic E-state index is 12.9. The molecule has 6 aromatic heterocycles. The van der Waals surface area contributed by atoms with E-state index in [1.807, 2.05) is 132 Å². The number of H-pyrrole nitrogens is 1. The number of anilines is 12. The molecule has 640 valence electrons. The number of hydrogen-bond acceptors (Lipinski definition) is 29. The number of aromatic amines is 1. The van der Waals surface area contributed by atoms with Gasteiger partial charge in [-0.1, -0.05) is 46.7 Å². The van der Waals surface area contributed by atoms with Crippen LogP contribution in [0.25, 0.3) is 33.9 Å². The zero-order valence-corrected chi connectivity index (χ0v) is 73.8. The second kappa shape index (κ2) is 39.0. The Bertz CT molecular complexity index is 6010. The Morgan fingerprint density at radius 3 is 1.10 bits per heavy atom. The van der Waals surface area contributed by atoms with Crippen LogP contribution in [0.4, 0.5) is 69.4 Å². The van der Waals surface area contributed by atoms with E-state index in [4.69, 9.17) is 28.2 Å². The molecule has 36 heteroatoms.